The molecule has 2 heterocycles. The van der Waals surface area contributed by atoms with Crippen LogP contribution in [-0.4, -0.2) is 64.4 Å². The summed E-state index contributed by atoms with van der Waals surface area (Å²) in [7, 11) is 1.53. The van der Waals surface area contributed by atoms with E-state index in [2.05, 4.69) is 10.3 Å². The lowest BCUT2D eigenvalue weighted by molar-refractivity contribution is -0.208. The zero-order chi connectivity index (χ0) is 25.7. The quantitative estimate of drug-likeness (QED) is 0.416. The van der Waals surface area contributed by atoms with Crippen molar-refractivity contribution in [2.24, 2.45) is 0 Å². The highest BCUT2D eigenvalue weighted by molar-refractivity contribution is 7.99. The monoisotopic (exact) mass is 515 g/mol. The van der Waals surface area contributed by atoms with Crippen LogP contribution in [0.2, 0.25) is 0 Å². The normalized spacial score (nSPS) is 23.7. The Kier molecular flexibility index (Phi) is 8.34. The van der Waals surface area contributed by atoms with Crippen LogP contribution in [0, 0.1) is 5.82 Å². The number of hydrogen-bond acceptors (Lipinski definition) is 9. The molecule has 0 amide bonds. The minimum absolute atomic E-state index is 0.141. The Hall–Kier alpha value is -3.28. The number of rotatable bonds is 8. The molecule has 0 bridgehead atoms. The molecule has 1 aliphatic heterocycles. The second-order valence-electron chi connectivity index (χ2n) is 8.14. The number of nitrogens with zero attached hydrogens (tertiary/aromatic N) is 3. The van der Waals surface area contributed by atoms with Crippen LogP contribution in [0.1, 0.15) is 19.9 Å². The number of halogens is 1. The molecular formula is C25H26FN3O6S. The summed E-state index contributed by atoms with van der Waals surface area (Å²) < 4.78 is 38.4. The highest BCUT2D eigenvalue weighted by atomic mass is 32.2. The van der Waals surface area contributed by atoms with Gasteiger partial charge < -0.3 is 18.9 Å². The van der Waals surface area contributed by atoms with Crippen LogP contribution in [0.15, 0.2) is 65.7 Å². The van der Waals surface area contributed by atoms with E-state index in [0.717, 1.165) is 4.90 Å². The third-order valence-corrected chi connectivity index (χ3v) is 6.73. The maximum Gasteiger partial charge on any atom is 0.303 e. The summed E-state index contributed by atoms with van der Waals surface area (Å²) in [6, 6.07) is 14.9. The Balaban J connectivity index is 1.74. The molecule has 5 atom stereocenters. The Morgan fingerprint density at radius 1 is 1.08 bits per heavy atom. The summed E-state index contributed by atoms with van der Waals surface area (Å²) in [5.41, 5.74) is 0.399. The number of carbonyl (C=O) groups excluding carboxylic acids is 2. The van der Waals surface area contributed by atoms with Gasteiger partial charge in [-0.25, -0.2) is 9.07 Å². The third kappa shape index (κ3) is 6.10. The van der Waals surface area contributed by atoms with E-state index in [1.807, 2.05) is 30.3 Å². The van der Waals surface area contributed by atoms with E-state index < -0.39 is 47.5 Å². The van der Waals surface area contributed by atoms with Gasteiger partial charge in [-0.15, -0.1) is 5.10 Å². The zero-order valence-corrected chi connectivity index (χ0v) is 20.8. The Bertz CT molecular complexity index is 1190. The number of carbonyl (C=O) groups is 2. The molecule has 1 aliphatic rings. The van der Waals surface area contributed by atoms with Crippen LogP contribution in [0.5, 0.6) is 0 Å². The lowest BCUT2D eigenvalue weighted by Crippen LogP contribution is -2.57. The molecule has 36 heavy (non-hydrogen) atoms. The predicted octanol–water partition coefficient (Wildman–Crippen LogP) is 3.65. The molecule has 1 saturated heterocycles. The average molecular weight is 516 g/mol. The van der Waals surface area contributed by atoms with Gasteiger partial charge in [0, 0.05) is 31.4 Å². The van der Waals surface area contributed by atoms with Crippen LogP contribution in [-0.2, 0) is 28.5 Å². The van der Waals surface area contributed by atoms with Gasteiger partial charge in [-0.3, -0.25) is 9.59 Å². The molecule has 2 aromatic carbocycles. The first-order valence-electron chi connectivity index (χ1n) is 11.2. The van der Waals surface area contributed by atoms with E-state index in [1.54, 1.807) is 18.3 Å². The molecule has 0 N–H and O–H groups in total. The fourth-order valence-electron chi connectivity index (χ4n) is 4.05. The number of esters is 2. The summed E-state index contributed by atoms with van der Waals surface area (Å²) in [6.45, 7) is 2.43. The number of methoxy groups -OCH3 is 1. The van der Waals surface area contributed by atoms with E-state index in [0.29, 0.717) is 11.3 Å². The molecule has 1 fully saturated rings. The summed E-state index contributed by atoms with van der Waals surface area (Å²) in [5, 5.41) is 8.48. The van der Waals surface area contributed by atoms with Gasteiger partial charge in [0.15, 0.2) is 6.10 Å². The Labute approximate surface area is 211 Å². The maximum atomic E-state index is 13.8. The van der Waals surface area contributed by atoms with Crippen molar-refractivity contribution < 1.29 is 32.9 Å². The van der Waals surface area contributed by atoms with Gasteiger partial charge >= 0.3 is 11.9 Å². The van der Waals surface area contributed by atoms with E-state index in [4.69, 9.17) is 18.9 Å². The van der Waals surface area contributed by atoms with Crippen LogP contribution in [0.4, 0.5) is 4.39 Å². The van der Waals surface area contributed by atoms with Gasteiger partial charge in [0.05, 0.1) is 6.20 Å². The van der Waals surface area contributed by atoms with Crippen molar-refractivity contribution in [3.05, 3.63) is 66.6 Å². The third-order valence-electron chi connectivity index (χ3n) is 5.57. The molecule has 0 unspecified atom stereocenters. The van der Waals surface area contributed by atoms with Gasteiger partial charge in [0.25, 0.3) is 0 Å². The number of hydrogen-bond donors (Lipinski definition) is 0. The van der Waals surface area contributed by atoms with Crippen molar-refractivity contribution in [2.75, 3.05) is 13.7 Å². The second-order valence-corrected chi connectivity index (χ2v) is 9.31. The highest BCUT2D eigenvalue weighted by Gasteiger charge is 2.50. The standard InChI is InChI=1S/C25H26FN3O6S/c1-15(30)33-14-21-23(34-16(2)31)22(24(32-3)25(35-21)36-19-10-5-4-6-11-19)29-13-20(27-28-29)17-8-7-9-18(26)12-17/h4-13,21-25H,14H2,1-3H3/t21-,22+,23+,24-,25+/m1/s1. The minimum Gasteiger partial charge on any atom is -0.463 e. The summed E-state index contributed by atoms with van der Waals surface area (Å²) in [5.74, 6) is -1.44. The molecule has 1 aromatic heterocycles. The van der Waals surface area contributed by atoms with E-state index >= 15 is 0 Å². The summed E-state index contributed by atoms with van der Waals surface area (Å²) in [6.07, 6.45) is -0.727. The van der Waals surface area contributed by atoms with Crippen molar-refractivity contribution in [2.45, 2.75) is 48.5 Å². The van der Waals surface area contributed by atoms with Gasteiger partial charge in [0.1, 0.15) is 41.8 Å². The molecule has 0 spiro atoms. The minimum atomic E-state index is -0.915. The molecule has 4 rings (SSSR count). The summed E-state index contributed by atoms with van der Waals surface area (Å²) in [4.78, 5) is 24.6. The SMILES string of the molecule is CO[C@@H]1[C@@H](n2cc(-c3cccc(F)c3)nn2)[C@@H](OC(C)=O)[C@@H](COC(C)=O)O[C@H]1Sc1ccccc1. The zero-order valence-electron chi connectivity index (χ0n) is 19.9. The number of benzene rings is 2. The van der Waals surface area contributed by atoms with Crippen molar-refractivity contribution in [1.29, 1.82) is 0 Å². The first-order valence-corrected chi connectivity index (χ1v) is 12.1. The molecule has 190 valence electrons. The number of thioether (sulfide) groups is 1. The van der Waals surface area contributed by atoms with Gasteiger partial charge in [-0.2, -0.15) is 0 Å². The molecule has 0 saturated carbocycles. The van der Waals surface area contributed by atoms with Crippen molar-refractivity contribution in [3.63, 3.8) is 0 Å². The Morgan fingerprint density at radius 3 is 2.53 bits per heavy atom. The fraction of sp³-hybridized carbons (Fsp3) is 0.360. The van der Waals surface area contributed by atoms with Gasteiger partial charge in [-0.1, -0.05) is 47.3 Å². The lowest BCUT2D eigenvalue weighted by atomic mass is 9.96. The van der Waals surface area contributed by atoms with Crippen LogP contribution in [0.3, 0.4) is 0 Å². The molecule has 3 aromatic rings. The lowest BCUT2D eigenvalue weighted by Gasteiger charge is -2.44. The number of aromatic nitrogens is 3. The summed E-state index contributed by atoms with van der Waals surface area (Å²) >= 11 is 1.42. The topological polar surface area (TPSA) is 102 Å². The predicted molar refractivity (Wildman–Crippen MR) is 128 cm³/mol. The first kappa shape index (κ1) is 25.8. The maximum absolute atomic E-state index is 13.8. The highest BCUT2D eigenvalue weighted by Crippen LogP contribution is 2.41. The fourth-order valence-corrected chi connectivity index (χ4v) is 5.24. The first-order chi connectivity index (χ1) is 17.4. The van der Waals surface area contributed by atoms with Crippen LogP contribution < -0.4 is 0 Å². The van der Waals surface area contributed by atoms with E-state index in [-0.39, 0.29) is 6.61 Å². The van der Waals surface area contributed by atoms with Crippen LogP contribution in [0.25, 0.3) is 11.3 Å². The molecule has 0 aliphatic carbocycles. The molecule has 0 radical (unpaired) electrons. The van der Waals surface area contributed by atoms with Crippen LogP contribution >= 0.6 is 11.8 Å². The van der Waals surface area contributed by atoms with E-state index in [1.165, 1.54) is 49.5 Å². The average Bonchev–Trinajstić information content (AvgIpc) is 3.34. The van der Waals surface area contributed by atoms with Crippen molar-refractivity contribution in [1.82, 2.24) is 15.0 Å². The van der Waals surface area contributed by atoms with E-state index in [9.17, 15) is 14.0 Å². The van der Waals surface area contributed by atoms with Crippen molar-refractivity contribution in [3.8, 4) is 11.3 Å². The number of ether oxygens (including phenoxy) is 4. The van der Waals surface area contributed by atoms with Crippen molar-refractivity contribution >= 4 is 23.7 Å². The van der Waals surface area contributed by atoms with Gasteiger partial charge in [0.2, 0.25) is 0 Å². The smallest absolute Gasteiger partial charge is 0.303 e. The largest absolute Gasteiger partial charge is 0.463 e. The molecule has 11 heteroatoms. The molecule has 9 nitrogen and oxygen atoms in total. The van der Waals surface area contributed by atoms with Gasteiger partial charge in [-0.05, 0) is 24.3 Å². The molecular weight excluding hydrogens is 489 g/mol. The second kappa shape index (κ2) is 11.6. The Morgan fingerprint density at radius 2 is 1.86 bits per heavy atom.